The molecule has 0 saturated heterocycles. The molecular weight excluding hydrogens is 244 g/mol. The largest absolute Gasteiger partial charge is 0.483 e. The van der Waals surface area contributed by atoms with Gasteiger partial charge in [0.2, 0.25) is 0 Å². The van der Waals surface area contributed by atoms with Gasteiger partial charge >= 0.3 is 0 Å². The Kier molecular flexibility index (Phi) is 5.85. The van der Waals surface area contributed by atoms with Crippen LogP contribution in [0.5, 0.6) is 5.75 Å². The van der Waals surface area contributed by atoms with E-state index < -0.39 is 5.91 Å². The summed E-state index contributed by atoms with van der Waals surface area (Å²) in [5, 5.41) is 2.93. The normalized spacial score (nSPS) is 10.3. The lowest BCUT2D eigenvalue weighted by atomic mass is 10.1. The molecule has 0 aliphatic carbocycles. The van der Waals surface area contributed by atoms with Gasteiger partial charge in [-0.05, 0) is 25.0 Å². The lowest BCUT2D eigenvalue weighted by Crippen LogP contribution is -2.34. The lowest BCUT2D eigenvalue weighted by molar-refractivity contribution is -0.119. The van der Waals surface area contributed by atoms with E-state index in [0.29, 0.717) is 11.3 Å². The Morgan fingerprint density at radius 2 is 1.89 bits per heavy atom. The first kappa shape index (κ1) is 15.0. The number of carbonyl (C=O) groups excluding carboxylic acids is 2. The summed E-state index contributed by atoms with van der Waals surface area (Å²) in [7, 11) is 0. The van der Waals surface area contributed by atoms with Crippen LogP contribution >= 0.6 is 0 Å². The molecule has 0 fully saturated rings. The van der Waals surface area contributed by atoms with Crippen LogP contribution in [0.4, 0.5) is 0 Å². The van der Waals surface area contributed by atoms with Crippen LogP contribution in [0.15, 0.2) is 24.3 Å². The Morgan fingerprint density at radius 1 is 1.26 bits per heavy atom. The fraction of sp³-hybridized carbons (Fsp3) is 0.429. The fourth-order valence-electron chi connectivity index (χ4n) is 1.68. The van der Waals surface area contributed by atoms with E-state index in [0.717, 1.165) is 12.8 Å². The van der Waals surface area contributed by atoms with Gasteiger partial charge < -0.3 is 15.8 Å². The molecule has 2 amide bonds. The van der Waals surface area contributed by atoms with Gasteiger partial charge in [0.15, 0.2) is 6.61 Å². The number of nitrogens with two attached hydrogens (primary N) is 1. The number of ether oxygens (including phenoxy) is 1. The third-order valence-electron chi connectivity index (χ3n) is 2.82. The molecule has 0 heterocycles. The van der Waals surface area contributed by atoms with Gasteiger partial charge in [0, 0.05) is 6.04 Å². The van der Waals surface area contributed by atoms with E-state index in [1.165, 1.54) is 0 Å². The maximum atomic E-state index is 12.1. The molecule has 0 aromatic heterocycles. The van der Waals surface area contributed by atoms with Crippen molar-refractivity contribution in [1.29, 1.82) is 0 Å². The number of carbonyl (C=O) groups is 2. The zero-order valence-corrected chi connectivity index (χ0v) is 11.3. The van der Waals surface area contributed by atoms with Crippen molar-refractivity contribution in [3.05, 3.63) is 29.8 Å². The van der Waals surface area contributed by atoms with Gasteiger partial charge in [0.1, 0.15) is 5.75 Å². The highest BCUT2D eigenvalue weighted by molar-refractivity contribution is 5.97. The van der Waals surface area contributed by atoms with Crippen LogP contribution in [0.25, 0.3) is 0 Å². The van der Waals surface area contributed by atoms with E-state index in [1.807, 2.05) is 13.8 Å². The molecule has 104 valence electrons. The smallest absolute Gasteiger partial charge is 0.255 e. The first-order valence-corrected chi connectivity index (χ1v) is 6.39. The maximum absolute atomic E-state index is 12.1. The highest BCUT2D eigenvalue weighted by atomic mass is 16.5. The predicted molar refractivity (Wildman–Crippen MR) is 73.0 cm³/mol. The van der Waals surface area contributed by atoms with E-state index in [9.17, 15) is 9.59 Å². The van der Waals surface area contributed by atoms with Crippen molar-refractivity contribution in [2.45, 2.75) is 32.7 Å². The Morgan fingerprint density at radius 3 is 2.47 bits per heavy atom. The zero-order valence-electron chi connectivity index (χ0n) is 11.3. The summed E-state index contributed by atoms with van der Waals surface area (Å²) in [6.07, 6.45) is 1.74. The Labute approximate surface area is 113 Å². The number of nitrogens with one attached hydrogen (secondary N) is 1. The third kappa shape index (κ3) is 4.62. The van der Waals surface area contributed by atoms with Crippen LogP contribution in [0.2, 0.25) is 0 Å². The summed E-state index contributed by atoms with van der Waals surface area (Å²) in [4.78, 5) is 22.9. The number of rotatable bonds is 7. The zero-order chi connectivity index (χ0) is 14.3. The Bertz CT molecular complexity index is 442. The van der Waals surface area contributed by atoms with E-state index in [4.69, 9.17) is 10.5 Å². The SMILES string of the molecule is CCC(CC)NC(=O)c1ccccc1OCC(N)=O. The van der Waals surface area contributed by atoms with Crippen molar-refractivity contribution in [3.63, 3.8) is 0 Å². The predicted octanol–water partition coefficient (Wildman–Crippen LogP) is 1.47. The second-order valence-corrected chi connectivity index (χ2v) is 4.24. The van der Waals surface area contributed by atoms with Gasteiger partial charge in [0.05, 0.1) is 5.56 Å². The monoisotopic (exact) mass is 264 g/mol. The summed E-state index contributed by atoms with van der Waals surface area (Å²) in [6, 6.07) is 6.93. The van der Waals surface area contributed by atoms with E-state index >= 15 is 0 Å². The summed E-state index contributed by atoms with van der Waals surface area (Å²) in [5.74, 6) is -0.409. The van der Waals surface area contributed by atoms with Crippen LogP contribution < -0.4 is 15.8 Å². The number of primary amides is 1. The molecule has 0 saturated carbocycles. The molecule has 1 rings (SSSR count). The van der Waals surface area contributed by atoms with Gasteiger partial charge in [-0.25, -0.2) is 0 Å². The van der Waals surface area contributed by atoms with E-state index in [-0.39, 0.29) is 18.6 Å². The summed E-state index contributed by atoms with van der Waals surface area (Å²) < 4.78 is 5.23. The van der Waals surface area contributed by atoms with Crippen LogP contribution in [-0.2, 0) is 4.79 Å². The lowest BCUT2D eigenvalue weighted by Gasteiger charge is -2.16. The van der Waals surface area contributed by atoms with Crippen molar-refractivity contribution in [2.24, 2.45) is 5.73 Å². The van der Waals surface area contributed by atoms with E-state index in [2.05, 4.69) is 5.32 Å². The standard InChI is InChI=1S/C14H20N2O3/c1-3-10(4-2)16-14(18)11-7-5-6-8-12(11)19-9-13(15)17/h5-8,10H,3-4,9H2,1-2H3,(H2,15,17)(H,16,18). The average molecular weight is 264 g/mol. The molecule has 0 atom stereocenters. The Hall–Kier alpha value is -2.04. The first-order valence-electron chi connectivity index (χ1n) is 6.39. The molecular formula is C14H20N2O3. The number of hydrogen-bond donors (Lipinski definition) is 2. The highest BCUT2D eigenvalue weighted by Gasteiger charge is 2.15. The summed E-state index contributed by atoms with van der Waals surface area (Å²) in [6.45, 7) is 3.79. The molecule has 19 heavy (non-hydrogen) atoms. The number of para-hydroxylation sites is 1. The van der Waals surface area contributed by atoms with Crippen molar-refractivity contribution in [3.8, 4) is 5.75 Å². The first-order chi connectivity index (χ1) is 9.08. The fourth-order valence-corrected chi connectivity index (χ4v) is 1.68. The van der Waals surface area contributed by atoms with Crippen LogP contribution in [0, 0.1) is 0 Å². The minimum atomic E-state index is -0.574. The quantitative estimate of drug-likeness (QED) is 0.782. The van der Waals surface area contributed by atoms with Crippen molar-refractivity contribution >= 4 is 11.8 Å². The number of benzene rings is 1. The third-order valence-corrected chi connectivity index (χ3v) is 2.82. The average Bonchev–Trinajstić information content (AvgIpc) is 2.42. The van der Waals surface area contributed by atoms with Gasteiger partial charge in [0.25, 0.3) is 11.8 Å². The van der Waals surface area contributed by atoms with Gasteiger partial charge in [-0.15, -0.1) is 0 Å². The summed E-state index contributed by atoms with van der Waals surface area (Å²) in [5.41, 5.74) is 5.44. The van der Waals surface area contributed by atoms with Crippen LogP contribution in [-0.4, -0.2) is 24.5 Å². The Balaban J connectivity index is 2.81. The summed E-state index contributed by atoms with van der Waals surface area (Å²) >= 11 is 0. The molecule has 0 radical (unpaired) electrons. The number of amides is 2. The van der Waals surface area contributed by atoms with Crippen LogP contribution in [0.1, 0.15) is 37.0 Å². The van der Waals surface area contributed by atoms with Crippen molar-refractivity contribution in [1.82, 2.24) is 5.32 Å². The van der Waals surface area contributed by atoms with Gasteiger partial charge in [-0.1, -0.05) is 26.0 Å². The minimum Gasteiger partial charge on any atom is -0.483 e. The van der Waals surface area contributed by atoms with Gasteiger partial charge in [-0.3, -0.25) is 9.59 Å². The molecule has 5 heteroatoms. The molecule has 5 nitrogen and oxygen atoms in total. The molecule has 0 aliphatic rings. The van der Waals surface area contributed by atoms with Gasteiger partial charge in [-0.2, -0.15) is 0 Å². The van der Waals surface area contributed by atoms with E-state index in [1.54, 1.807) is 24.3 Å². The molecule has 1 aromatic carbocycles. The van der Waals surface area contributed by atoms with Crippen molar-refractivity contribution < 1.29 is 14.3 Å². The molecule has 1 aromatic rings. The molecule has 0 bridgehead atoms. The second-order valence-electron chi connectivity index (χ2n) is 4.24. The molecule has 0 aliphatic heterocycles. The number of hydrogen-bond acceptors (Lipinski definition) is 3. The highest BCUT2D eigenvalue weighted by Crippen LogP contribution is 2.18. The molecule has 0 unspecified atom stereocenters. The topological polar surface area (TPSA) is 81.4 Å². The van der Waals surface area contributed by atoms with Crippen LogP contribution in [0.3, 0.4) is 0 Å². The molecule has 3 N–H and O–H groups in total. The van der Waals surface area contributed by atoms with Crippen molar-refractivity contribution in [2.75, 3.05) is 6.61 Å². The maximum Gasteiger partial charge on any atom is 0.255 e. The molecule has 0 spiro atoms. The second kappa shape index (κ2) is 7.41. The minimum absolute atomic E-state index is 0.136.